The Labute approximate surface area is 160 Å². The summed E-state index contributed by atoms with van der Waals surface area (Å²) in [6.07, 6.45) is 6.57. The number of carbonyl (C=O) groups excluding carboxylic acids is 2. The highest BCUT2D eigenvalue weighted by Gasteiger charge is 2.31. The van der Waals surface area contributed by atoms with Gasteiger partial charge in [0.25, 0.3) is 11.8 Å². The van der Waals surface area contributed by atoms with Gasteiger partial charge in [-0.05, 0) is 56.0 Å². The molecule has 1 aliphatic heterocycles. The van der Waals surface area contributed by atoms with Crippen LogP contribution in [0, 0.1) is 0 Å². The van der Waals surface area contributed by atoms with Crippen LogP contribution in [0.1, 0.15) is 65.3 Å². The molecule has 2 aromatic rings. The number of rotatable bonds is 3. The van der Waals surface area contributed by atoms with Crippen molar-refractivity contribution in [1.29, 1.82) is 0 Å². The molecule has 1 heterocycles. The van der Waals surface area contributed by atoms with Crippen LogP contribution in [0.2, 0.25) is 0 Å². The lowest BCUT2D eigenvalue weighted by atomic mass is 9.95. The lowest BCUT2D eigenvalue weighted by Crippen LogP contribution is -2.37. The molecule has 140 valence electrons. The number of fused-ring (bicyclic) bond motifs is 1. The number of benzene rings is 2. The summed E-state index contributed by atoms with van der Waals surface area (Å²) in [6, 6.07) is 15.5. The predicted molar refractivity (Wildman–Crippen MR) is 107 cm³/mol. The van der Waals surface area contributed by atoms with Gasteiger partial charge in [-0.25, -0.2) is 0 Å². The molecule has 0 saturated heterocycles. The first-order chi connectivity index (χ1) is 13.1. The molecule has 1 atom stereocenters. The molecular weight excluding hydrogens is 336 g/mol. The van der Waals surface area contributed by atoms with Gasteiger partial charge in [-0.3, -0.25) is 9.59 Å². The van der Waals surface area contributed by atoms with Crippen LogP contribution in [0.25, 0.3) is 0 Å². The van der Waals surface area contributed by atoms with Crippen molar-refractivity contribution in [3.63, 3.8) is 0 Å². The minimum absolute atomic E-state index is 0.0419. The Kier molecular flexibility index (Phi) is 4.97. The Balaban J connectivity index is 1.53. The Hall–Kier alpha value is -2.62. The van der Waals surface area contributed by atoms with Gasteiger partial charge in [-0.2, -0.15) is 0 Å². The van der Waals surface area contributed by atoms with E-state index in [9.17, 15) is 9.59 Å². The van der Waals surface area contributed by atoms with Crippen molar-refractivity contribution >= 4 is 17.5 Å². The van der Waals surface area contributed by atoms with Gasteiger partial charge in [0, 0.05) is 28.9 Å². The first-order valence-electron chi connectivity index (χ1n) is 9.96. The number of nitrogens with zero attached hydrogens (tertiary/aromatic N) is 1. The van der Waals surface area contributed by atoms with Crippen LogP contribution in [0.4, 0.5) is 5.69 Å². The largest absolute Gasteiger partial charge is 0.349 e. The number of para-hydroxylation sites is 1. The third-order valence-electron chi connectivity index (χ3n) is 5.74. The van der Waals surface area contributed by atoms with E-state index in [0.717, 1.165) is 24.9 Å². The smallest absolute Gasteiger partial charge is 0.258 e. The van der Waals surface area contributed by atoms with E-state index in [-0.39, 0.29) is 23.9 Å². The third kappa shape index (κ3) is 3.61. The van der Waals surface area contributed by atoms with E-state index < -0.39 is 0 Å². The molecule has 1 unspecified atom stereocenters. The Morgan fingerprint density at radius 2 is 1.70 bits per heavy atom. The summed E-state index contributed by atoms with van der Waals surface area (Å²) < 4.78 is 0. The molecule has 1 fully saturated rings. The Bertz CT molecular complexity index is 855. The minimum atomic E-state index is -0.0774. The van der Waals surface area contributed by atoms with Crippen molar-refractivity contribution in [1.82, 2.24) is 5.32 Å². The second-order valence-electron chi connectivity index (χ2n) is 7.75. The van der Waals surface area contributed by atoms with Crippen LogP contribution in [-0.2, 0) is 6.42 Å². The molecule has 4 nitrogen and oxygen atoms in total. The number of anilines is 1. The van der Waals surface area contributed by atoms with Crippen molar-refractivity contribution in [2.24, 2.45) is 0 Å². The fourth-order valence-electron chi connectivity index (χ4n) is 4.32. The van der Waals surface area contributed by atoms with E-state index in [0.29, 0.717) is 11.1 Å². The quantitative estimate of drug-likeness (QED) is 0.883. The summed E-state index contributed by atoms with van der Waals surface area (Å²) in [5, 5.41) is 3.13. The summed E-state index contributed by atoms with van der Waals surface area (Å²) in [5.74, 6) is -0.119. The first-order valence-corrected chi connectivity index (χ1v) is 9.96. The zero-order valence-corrected chi connectivity index (χ0v) is 15.8. The molecule has 4 rings (SSSR count). The molecule has 0 aromatic heterocycles. The SMILES string of the molecule is CC1Cc2ccccc2N1C(=O)c1cccc(C(=O)NC2CCCCC2)c1. The van der Waals surface area contributed by atoms with Crippen LogP contribution < -0.4 is 10.2 Å². The number of hydrogen-bond acceptors (Lipinski definition) is 2. The normalized spacial score (nSPS) is 19.6. The Morgan fingerprint density at radius 3 is 2.52 bits per heavy atom. The van der Waals surface area contributed by atoms with Crippen molar-refractivity contribution in [3.8, 4) is 0 Å². The van der Waals surface area contributed by atoms with Crippen molar-refractivity contribution in [2.45, 2.75) is 57.5 Å². The zero-order chi connectivity index (χ0) is 18.8. The second kappa shape index (κ2) is 7.55. The highest BCUT2D eigenvalue weighted by atomic mass is 16.2. The van der Waals surface area contributed by atoms with Crippen LogP contribution in [-0.4, -0.2) is 23.9 Å². The molecular formula is C23H26N2O2. The zero-order valence-electron chi connectivity index (χ0n) is 15.8. The van der Waals surface area contributed by atoms with Crippen molar-refractivity contribution in [2.75, 3.05) is 4.90 Å². The fraction of sp³-hybridized carbons (Fsp3) is 0.391. The molecule has 1 saturated carbocycles. The monoisotopic (exact) mass is 362 g/mol. The van der Waals surface area contributed by atoms with E-state index in [4.69, 9.17) is 0 Å². The Morgan fingerprint density at radius 1 is 0.963 bits per heavy atom. The average Bonchev–Trinajstić information content (AvgIpc) is 3.04. The van der Waals surface area contributed by atoms with Crippen LogP contribution in [0.3, 0.4) is 0 Å². The summed E-state index contributed by atoms with van der Waals surface area (Å²) in [7, 11) is 0. The van der Waals surface area contributed by atoms with Crippen LogP contribution in [0.15, 0.2) is 48.5 Å². The van der Waals surface area contributed by atoms with Gasteiger partial charge in [0.2, 0.25) is 0 Å². The third-order valence-corrected chi connectivity index (χ3v) is 5.74. The second-order valence-corrected chi connectivity index (χ2v) is 7.75. The summed E-state index contributed by atoms with van der Waals surface area (Å²) in [5.41, 5.74) is 3.30. The van der Waals surface area contributed by atoms with Gasteiger partial charge < -0.3 is 10.2 Å². The van der Waals surface area contributed by atoms with Crippen molar-refractivity contribution in [3.05, 3.63) is 65.2 Å². The molecule has 0 radical (unpaired) electrons. The highest BCUT2D eigenvalue weighted by molar-refractivity contribution is 6.09. The summed E-state index contributed by atoms with van der Waals surface area (Å²) in [6.45, 7) is 2.07. The standard InChI is InChI=1S/C23H26N2O2/c1-16-14-17-8-5-6-13-21(17)25(16)23(27)19-10-7-9-18(15-19)22(26)24-20-11-3-2-4-12-20/h5-10,13,15-16,20H,2-4,11-12,14H2,1H3,(H,24,26). The van der Waals surface area contributed by atoms with Gasteiger partial charge in [0.05, 0.1) is 0 Å². The molecule has 1 N–H and O–H groups in total. The topological polar surface area (TPSA) is 49.4 Å². The molecule has 1 aliphatic carbocycles. The highest BCUT2D eigenvalue weighted by Crippen LogP contribution is 2.33. The first kappa shape index (κ1) is 17.8. The molecule has 2 aromatic carbocycles. The molecule has 2 aliphatic rings. The van der Waals surface area contributed by atoms with Crippen LogP contribution in [0.5, 0.6) is 0 Å². The number of amides is 2. The van der Waals surface area contributed by atoms with E-state index in [1.807, 2.05) is 23.1 Å². The average molecular weight is 362 g/mol. The lowest BCUT2D eigenvalue weighted by molar-refractivity contribution is 0.0927. The molecule has 27 heavy (non-hydrogen) atoms. The maximum Gasteiger partial charge on any atom is 0.258 e. The van der Waals surface area contributed by atoms with Gasteiger partial charge in [0.15, 0.2) is 0 Å². The van der Waals surface area contributed by atoms with Crippen LogP contribution >= 0.6 is 0 Å². The van der Waals surface area contributed by atoms with E-state index >= 15 is 0 Å². The summed E-state index contributed by atoms with van der Waals surface area (Å²) >= 11 is 0. The van der Waals surface area contributed by atoms with E-state index in [1.165, 1.54) is 24.8 Å². The predicted octanol–water partition coefficient (Wildman–Crippen LogP) is 4.34. The molecule has 0 bridgehead atoms. The summed E-state index contributed by atoms with van der Waals surface area (Å²) in [4.78, 5) is 27.7. The van der Waals surface area contributed by atoms with E-state index in [2.05, 4.69) is 18.3 Å². The molecule has 4 heteroatoms. The van der Waals surface area contributed by atoms with Gasteiger partial charge >= 0.3 is 0 Å². The van der Waals surface area contributed by atoms with E-state index in [1.54, 1.807) is 24.3 Å². The number of hydrogen-bond donors (Lipinski definition) is 1. The lowest BCUT2D eigenvalue weighted by Gasteiger charge is -2.24. The van der Waals surface area contributed by atoms with Gasteiger partial charge in [-0.15, -0.1) is 0 Å². The fourth-order valence-corrected chi connectivity index (χ4v) is 4.32. The molecule has 0 spiro atoms. The van der Waals surface area contributed by atoms with Gasteiger partial charge in [0.1, 0.15) is 0 Å². The molecule has 2 amide bonds. The minimum Gasteiger partial charge on any atom is -0.349 e. The van der Waals surface area contributed by atoms with Crippen molar-refractivity contribution < 1.29 is 9.59 Å². The maximum absolute atomic E-state index is 13.2. The maximum atomic E-state index is 13.2. The number of nitrogens with one attached hydrogen (secondary N) is 1. The van der Waals surface area contributed by atoms with Gasteiger partial charge in [-0.1, -0.05) is 43.5 Å². The number of carbonyl (C=O) groups is 2.